The number of aromatic nitrogens is 2. The fourth-order valence-electron chi connectivity index (χ4n) is 3.49. The van der Waals surface area contributed by atoms with Gasteiger partial charge >= 0.3 is 5.97 Å². The molecule has 0 aliphatic heterocycles. The number of fused-ring (bicyclic) bond motifs is 3. The highest BCUT2D eigenvalue weighted by molar-refractivity contribution is 6.19. The third-order valence-corrected chi connectivity index (χ3v) is 4.61. The second-order valence-electron chi connectivity index (χ2n) is 6.49. The van der Waals surface area contributed by atoms with Crippen LogP contribution in [-0.4, -0.2) is 33.1 Å². The van der Waals surface area contributed by atoms with Crippen molar-refractivity contribution in [3.63, 3.8) is 0 Å². The molecule has 0 saturated heterocycles. The highest BCUT2D eigenvalue weighted by Gasteiger charge is 2.20. The lowest BCUT2D eigenvalue weighted by Gasteiger charge is -2.08. The topological polar surface area (TPSA) is 107 Å². The number of carbonyl (C=O) groups is 2. The number of amides is 1. The Morgan fingerprint density at radius 2 is 1.90 bits per heavy atom. The molecule has 8 heteroatoms. The van der Waals surface area contributed by atoms with Crippen LogP contribution < -0.4 is 10.5 Å². The summed E-state index contributed by atoms with van der Waals surface area (Å²) in [6.07, 6.45) is 2.99. The number of rotatable bonds is 6. The fraction of sp³-hybridized carbons (Fsp3) is 0.0952. The predicted molar refractivity (Wildman–Crippen MR) is 104 cm³/mol. The molecule has 146 valence electrons. The van der Waals surface area contributed by atoms with Gasteiger partial charge in [-0.05, 0) is 29.8 Å². The normalized spacial score (nSPS) is 11.1. The maximum absolute atomic E-state index is 13.7. The summed E-state index contributed by atoms with van der Waals surface area (Å²) in [5.41, 5.74) is 7.85. The first-order chi connectivity index (χ1) is 14.0. The molecular formula is C21H16FN3O4. The average molecular weight is 393 g/mol. The van der Waals surface area contributed by atoms with Crippen LogP contribution in [0.3, 0.4) is 0 Å². The van der Waals surface area contributed by atoms with Gasteiger partial charge in [0, 0.05) is 17.5 Å². The highest BCUT2D eigenvalue weighted by Crippen LogP contribution is 2.37. The third kappa shape index (κ3) is 3.36. The van der Waals surface area contributed by atoms with Crippen LogP contribution in [0.25, 0.3) is 21.8 Å². The maximum Gasteiger partial charge on any atom is 0.341 e. The number of carboxylic acids is 1. The zero-order chi connectivity index (χ0) is 20.5. The minimum Gasteiger partial charge on any atom is -0.480 e. The standard InChI is InChI=1S/C21H16FN3O4/c22-13-4-1-3-12(7-13)10-25-15-6-2-5-14(21(23)28)19(15)20-16(25)8-24-9-17(20)29-11-18(26)27/h1-9H,10-11H2,(H2,23,28)(H,26,27). The van der Waals surface area contributed by atoms with Crippen molar-refractivity contribution < 1.29 is 23.8 Å². The Balaban J connectivity index is 2.02. The van der Waals surface area contributed by atoms with Gasteiger partial charge < -0.3 is 20.1 Å². The molecule has 2 heterocycles. The summed E-state index contributed by atoms with van der Waals surface area (Å²) in [5, 5.41) is 10.0. The van der Waals surface area contributed by atoms with Gasteiger partial charge in [0.1, 0.15) is 11.6 Å². The number of carboxylic acid groups (broad SMARTS) is 1. The van der Waals surface area contributed by atoms with Crippen molar-refractivity contribution >= 4 is 33.7 Å². The number of primary amides is 1. The Kier molecular flexibility index (Phi) is 4.59. The molecular weight excluding hydrogens is 377 g/mol. The largest absolute Gasteiger partial charge is 0.480 e. The highest BCUT2D eigenvalue weighted by atomic mass is 19.1. The molecule has 0 fully saturated rings. The second-order valence-corrected chi connectivity index (χ2v) is 6.49. The molecule has 0 bridgehead atoms. The Morgan fingerprint density at radius 3 is 2.62 bits per heavy atom. The summed E-state index contributed by atoms with van der Waals surface area (Å²) < 4.78 is 21.0. The van der Waals surface area contributed by atoms with Crippen LogP contribution in [0.1, 0.15) is 15.9 Å². The van der Waals surface area contributed by atoms with E-state index in [2.05, 4.69) is 4.98 Å². The first kappa shape index (κ1) is 18.4. The second kappa shape index (κ2) is 7.23. The van der Waals surface area contributed by atoms with Crippen molar-refractivity contribution in [2.45, 2.75) is 6.54 Å². The zero-order valence-electron chi connectivity index (χ0n) is 15.1. The molecule has 4 aromatic rings. The number of nitrogens with two attached hydrogens (primary N) is 1. The quantitative estimate of drug-likeness (QED) is 0.524. The Hall–Kier alpha value is -3.94. The number of pyridine rings is 1. The van der Waals surface area contributed by atoms with E-state index in [0.717, 1.165) is 0 Å². The van der Waals surface area contributed by atoms with E-state index in [1.165, 1.54) is 18.3 Å². The van der Waals surface area contributed by atoms with E-state index >= 15 is 0 Å². The number of carbonyl (C=O) groups excluding carboxylic acids is 1. The van der Waals surface area contributed by atoms with E-state index in [0.29, 0.717) is 33.9 Å². The Bertz CT molecular complexity index is 1270. The molecule has 0 saturated carbocycles. The SMILES string of the molecule is NC(=O)c1cccc2c1c1c(OCC(=O)O)cncc1n2Cc1cccc(F)c1. The summed E-state index contributed by atoms with van der Waals surface area (Å²) in [6, 6.07) is 11.3. The van der Waals surface area contributed by atoms with Gasteiger partial charge in [0.05, 0.1) is 28.8 Å². The van der Waals surface area contributed by atoms with Crippen molar-refractivity contribution in [3.8, 4) is 5.75 Å². The molecule has 7 nitrogen and oxygen atoms in total. The van der Waals surface area contributed by atoms with Gasteiger partial charge in [-0.3, -0.25) is 9.78 Å². The van der Waals surface area contributed by atoms with Crippen molar-refractivity contribution in [2.75, 3.05) is 6.61 Å². The summed E-state index contributed by atoms with van der Waals surface area (Å²) in [5.74, 6) is -1.90. The number of halogens is 1. The van der Waals surface area contributed by atoms with E-state index in [4.69, 9.17) is 15.6 Å². The summed E-state index contributed by atoms with van der Waals surface area (Å²) in [7, 11) is 0. The minimum absolute atomic E-state index is 0.224. The first-order valence-electron chi connectivity index (χ1n) is 8.73. The predicted octanol–water partition coefficient (Wildman–Crippen LogP) is 2.94. The van der Waals surface area contributed by atoms with Crippen molar-refractivity contribution in [3.05, 3.63) is 71.8 Å². The lowest BCUT2D eigenvalue weighted by molar-refractivity contribution is -0.139. The molecule has 1 amide bonds. The monoisotopic (exact) mass is 393 g/mol. The van der Waals surface area contributed by atoms with Crippen molar-refractivity contribution in [2.24, 2.45) is 5.73 Å². The van der Waals surface area contributed by atoms with Crippen LogP contribution >= 0.6 is 0 Å². The van der Waals surface area contributed by atoms with Crippen LogP contribution in [0, 0.1) is 5.82 Å². The molecule has 2 aromatic carbocycles. The number of aliphatic carboxylic acids is 1. The van der Waals surface area contributed by atoms with Crippen LogP contribution in [0.5, 0.6) is 5.75 Å². The molecule has 0 radical (unpaired) electrons. The summed E-state index contributed by atoms with van der Waals surface area (Å²) in [4.78, 5) is 27.2. The number of nitrogens with zero attached hydrogens (tertiary/aromatic N) is 2. The maximum atomic E-state index is 13.7. The average Bonchev–Trinajstić information content (AvgIpc) is 3.01. The lowest BCUT2D eigenvalue weighted by Crippen LogP contribution is -2.11. The van der Waals surface area contributed by atoms with E-state index in [9.17, 15) is 14.0 Å². The molecule has 0 atom stereocenters. The van der Waals surface area contributed by atoms with Gasteiger partial charge in [0.15, 0.2) is 6.61 Å². The van der Waals surface area contributed by atoms with Gasteiger partial charge in [-0.2, -0.15) is 0 Å². The number of hydrogen-bond donors (Lipinski definition) is 2. The molecule has 4 rings (SSSR count). The number of ether oxygens (including phenoxy) is 1. The molecule has 2 aromatic heterocycles. The molecule has 0 unspecified atom stereocenters. The Labute approximate surface area is 164 Å². The fourth-order valence-corrected chi connectivity index (χ4v) is 3.49. The Morgan fingerprint density at radius 1 is 1.10 bits per heavy atom. The third-order valence-electron chi connectivity index (χ3n) is 4.61. The summed E-state index contributed by atoms with van der Waals surface area (Å²) in [6.45, 7) is -0.250. The van der Waals surface area contributed by atoms with E-state index < -0.39 is 18.5 Å². The van der Waals surface area contributed by atoms with Gasteiger partial charge in [-0.1, -0.05) is 18.2 Å². The van der Waals surface area contributed by atoms with Crippen LogP contribution in [0.15, 0.2) is 54.9 Å². The van der Waals surface area contributed by atoms with Gasteiger partial charge in [0.2, 0.25) is 5.91 Å². The molecule has 0 spiro atoms. The van der Waals surface area contributed by atoms with E-state index in [1.54, 1.807) is 30.5 Å². The zero-order valence-corrected chi connectivity index (χ0v) is 15.1. The smallest absolute Gasteiger partial charge is 0.341 e. The van der Waals surface area contributed by atoms with E-state index in [-0.39, 0.29) is 17.1 Å². The van der Waals surface area contributed by atoms with Crippen molar-refractivity contribution in [1.82, 2.24) is 9.55 Å². The van der Waals surface area contributed by atoms with Gasteiger partial charge in [0.25, 0.3) is 0 Å². The number of hydrogen-bond acceptors (Lipinski definition) is 4. The van der Waals surface area contributed by atoms with E-state index in [1.807, 2.05) is 10.6 Å². The van der Waals surface area contributed by atoms with Gasteiger partial charge in [-0.25, -0.2) is 9.18 Å². The first-order valence-corrected chi connectivity index (χ1v) is 8.73. The van der Waals surface area contributed by atoms with Crippen LogP contribution in [-0.2, 0) is 11.3 Å². The molecule has 0 aliphatic carbocycles. The van der Waals surface area contributed by atoms with Crippen molar-refractivity contribution in [1.29, 1.82) is 0 Å². The van der Waals surface area contributed by atoms with Crippen LogP contribution in [0.2, 0.25) is 0 Å². The summed E-state index contributed by atoms with van der Waals surface area (Å²) >= 11 is 0. The molecule has 29 heavy (non-hydrogen) atoms. The minimum atomic E-state index is -1.14. The molecule has 3 N–H and O–H groups in total. The lowest BCUT2D eigenvalue weighted by atomic mass is 10.1. The van der Waals surface area contributed by atoms with Crippen LogP contribution in [0.4, 0.5) is 4.39 Å². The molecule has 0 aliphatic rings. The number of benzene rings is 2. The van der Waals surface area contributed by atoms with Gasteiger partial charge in [-0.15, -0.1) is 0 Å².